The second kappa shape index (κ2) is 7.99. The van der Waals surface area contributed by atoms with Gasteiger partial charge in [-0.15, -0.1) is 0 Å². The van der Waals surface area contributed by atoms with E-state index in [2.05, 4.69) is 15.3 Å². The SMILES string of the molecule is O=C1CC(c2ccccc2Cl)c2c(nc(SCc3ccccc3Cl)[nH]c2=O)N1. The number of carbonyl (C=O) groups excluding carboxylic acids is 1. The summed E-state index contributed by atoms with van der Waals surface area (Å²) in [6.07, 6.45) is 0.146. The van der Waals surface area contributed by atoms with E-state index < -0.39 is 5.92 Å². The number of thioether (sulfide) groups is 1. The Morgan fingerprint density at radius 2 is 1.75 bits per heavy atom. The number of rotatable bonds is 4. The van der Waals surface area contributed by atoms with Crippen LogP contribution in [0.2, 0.25) is 10.0 Å². The van der Waals surface area contributed by atoms with Crippen molar-refractivity contribution in [2.45, 2.75) is 23.2 Å². The standard InChI is InChI=1S/C20H15Cl2N3O2S/c21-14-7-3-1-5-11(14)10-28-20-24-18-17(19(27)25-20)13(9-16(26)23-18)12-6-2-4-8-15(12)22/h1-8,13H,9-10H2,(H2,23,24,25,26,27). The lowest BCUT2D eigenvalue weighted by atomic mass is 9.87. The van der Waals surface area contributed by atoms with E-state index >= 15 is 0 Å². The van der Waals surface area contributed by atoms with Crippen molar-refractivity contribution < 1.29 is 4.79 Å². The van der Waals surface area contributed by atoms with Crippen molar-refractivity contribution in [3.63, 3.8) is 0 Å². The topological polar surface area (TPSA) is 74.8 Å². The molecule has 8 heteroatoms. The number of aromatic nitrogens is 2. The van der Waals surface area contributed by atoms with E-state index in [1.807, 2.05) is 42.5 Å². The molecule has 5 nitrogen and oxygen atoms in total. The lowest BCUT2D eigenvalue weighted by Crippen LogP contribution is -2.31. The molecule has 0 fully saturated rings. The van der Waals surface area contributed by atoms with E-state index in [1.54, 1.807) is 6.07 Å². The van der Waals surface area contributed by atoms with Crippen LogP contribution in [0.5, 0.6) is 0 Å². The third-order valence-electron chi connectivity index (χ3n) is 4.53. The maximum Gasteiger partial charge on any atom is 0.257 e. The highest BCUT2D eigenvalue weighted by molar-refractivity contribution is 7.98. The monoisotopic (exact) mass is 431 g/mol. The summed E-state index contributed by atoms with van der Waals surface area (Å²) in [4.78, 5) is 32.4. The van der Waals surface area contributed by atoms with Crippen molar-refractivity contribution in [1.29, 1.82) is 0 Å². The third-order valence-corrected chi connectivity index (χ3v) is 6.17. The molecule has 2 N–H and O–H groups in total. The molecule has 4 rings (SSSR count). The fraction of sp³-hybridized carbons (Fsp3) is 0.150. The third kappa shape index (κ3) is 3.81. The average molecular weight is 432 g/mol. The molecule has 0 radical (unpaired) electrons. The normalized spacial score (nSPS) is 15.8. The molecule has 0 bridgehead atoms. The van der Waals surface area contributed by atoms with Crippen molar-refractivity contribution in [2.75, 3.05) is 5.32 Å². The molecule has 0 saturated heterocycles. The zero-order chi connectivity index (χ0) is 19.7. The molecule has 1 aromatic heterocycles. The van der Waals surface area contributed by atoms with Gasteiger partial charge in [-0.1, -0.05) is 71.4 Å². The van der Waals surface area contributed by atoms with Crippen LogP contribution in [0.4, 0.5) is 5.82 Å². The predicted molar refractivity (Wildman–Crippen MR) is 112 cm³/mol. The highest BCUT2D eigenvalue weighted by Gasteiger charge is 2.32. The summed E-state index contributed by atoms with van der Waals surface area (Å²) in [5.41, 5.74) is 1.82. The largest absolute Gasteiger partial charge is 0.310 e. The number of fused-ring (bicyclic) bond motifs is 1. The fourth-order valence-corrected chi connectivity index (χ4v) is 4.62. The zero-order valence-corrected chi connectivity index (χ0v) is 16.9. The van der Waals surface area contributed by atoms with Crippen LogP contribution in [-0.4, -0.2) is 15.9 Å². The number of halogens is 2. The molecule has 1 unspecified atom stereocenters. The van der Waals surface area contributed by atoms with Crippen molar-refractivity contribution in [3.8, 4) is 0 Å². The van der Waals surface area contributed by atoms with E-state index in [0.29, 0.717) is 26.5 Å². The summed E-state index contributed by atoms with van der Waals surface area (Å²) in [5, 5.41) is 4.31. The Hall–Kier alpha value is -2.28. The Morgan fingerprint density at radius 1 is 1.04 bits per heavy atom. The number of nitrogens with zero attached hydrogens (tertiary/aromatic N) is 1. The first-order chi connectivity index (χ1) is 13.5. The maximum absolute atomic E-state index is 12.8. The number of hydrogen-bond acceptors (Lipinski definition) is 4. The minimum Gasteiger partial charge on any atom is -0.310 e. The molecule has 2 aromatic carbocycles. The molecule has 0 spiro atoms. The lowest BCUT2D eigenvalue weighted by molar-refractivity contribution is -0.116. The first kappa shape index (κ1) is 19.1. The van der Waals surface area contributed by atoms with Crippen LogP contribution in [0.15, 0.2) is 58.5 Å². The molecule has 0 aliphatic carbocycles. The van der Waals surface area contributed by atoms with Crippen molar-refractivity contribution in [2.24, 2.45) is 0 Å². The van der Waals surface area contributed by atoms with Gasteiger partial charge in [-0.3, -0.25) is 9.59 Å². The molecule has 3 aromatic rings. The molecule has 1 atom stereocenters. The summed E-state index contributed by atoms with van der Waals surface area (Å²) in [5.74, 6) is 0.198. The Morgan fingerprint density at radius 3 is 2.50 bits per heavy atom. The molecular formula is C20H15Cl2N3O2S. The van der Waals surface area contributed by atoms with Gasteiger partial charge in [-0.2, -0.15) is 0 Å². The highest BCUT2D eigenvalue weighted by Crippen LogP contribution is 2.37. The fourth-order valence-electron chi connectivity index (χ4n) is 3.20. The second-order valence-electron chi connectivity index (χ2n) is 6.34. The Balaban J connectivity index is 1.68. The molecular weight excluding hydrogens is 417 g/mol. The molecule has 1 aliphatic rings. The predicted octanol–water partition coefficient (Wildman–Crippen LogP) is 4.84. The van der Waals surface area contributed by atoms with E-state index in [1.165, 1.54) is 11.8 Å². The smallest absolute Gasteiger partial charge is 0.257 e. The number of H-pyrrole nitrogens is 1. The summed E-state index contributed by atoms with van der Waals surface area (Å²) < 4.78 is 0. The Kier molecular flexibility index (Phi) is 5.44. The van der Waals surface area contributed by atoms with Gasteiger partial charge in [-0.05, 0) is 23.3 Å². The number of anilines is 1. The van der Waals surface area contributed by atoms with E-state index in [4.69, 9.17) is 23.2 Å². The molecule has 0 saturated carbocycles. The number of hydrogen-bond donors (Lipinski definition) is 2. The van der Waals surface area contributed by atoms with E-state index in [-0.39, 0.29) is 23.7 Å². The zero-order valence-electron chi connectivity index (χ0n) is 14.5. The van der Waals surface area contributed by atoms with Crippen LogP contribution in [0.3, 0.4) is 0 Å². The average Bonchev–Trinajstić information content (AvgIpc) is 2.67. The number of benzene rings is 2. The van der Waals surface area contributed by atoms with Gasteiger partial charge in [0.05, 0.1) is 5.56 Å². The van der Waals surface area contributed by atoms with Crippen LogP contribution >= 0.6 is 35.0 Å². The van der Waals surface area contributed by atoms with Crippen molar-refractivity contribution in [1.82, 2.24) is 9.97 Å². The molecule has 1 amide bonds. The number of nitrogens with one attached hydrogen (secondary N) is 2. The summed E-state index contributed by atoms with van der Waals surface area (Å²) in [6, 6.07) is 14.7. The Labute approximate surface area is 175 Å². The number of aromatic amines is 1. The minimum atomic E-state index is -0.434. The van der Waals surface area contributed by atoms with Gasteiger partial charge in [0.25, 0.3) is 5.56 Å². The van der Waals surface area contributed by atoms with Crippen LogP contribution in [0.1, 0.15) is 29.0 Å². The van der Waals surface area contributed by atoms with Gasteiger partial charge in [0.2, 0.25) is 5.91 Å². The van der Waals surface area contributed by atoms with Crippen LogP contribution in [-0.2, 0) is 10.5 Å². The van der Waals surface area contributed by atoms with Crippen LogP contribution in [0.25, 0.3) is 0 Å². The second-order valence-corrected chi connectivity index (χ2v) is 8.12. The van der Waals surface area contributed by atoms with Crippen molar-refractivity contribution in [3.05, 3.63) is 85.6 Å². The maximum atomic E-state index is 12.8. The van der Waals surface area contributed by atoms with E-state index in [0.717, 1.165) is 11.1 Å². The van der Waals surface area contributed by atoms with Crippen molar-refractivity contribution >= 4 is 46.7 Å². The van der Waals surface area contributed by atoms with Gasteiger partial charge >= 0.3 is 0 Å². The molecule has 2 heterocycles. The van der Waals surface area contributed by atoms with Gasteiger partial charge in [0.1, 0.15) is 5.82 Å². The quantitative estimate of drug-likeness (QED) is 0.457. The molecule has 1 aliphatic heterocycles. The first-order valence-electron chi connectivity index (χ1n) is 8.57. The molecule has 28 heavy (non-hydrogen) atoms. The first-order valence-corrected chi connectivity index (χ1v) is 10.3. The summed E-state index contributed by atoms with van der Waals surface area (Å²) in [6.45, 7) is 0. The molecule has 142 valence electrons. The van der Waals surface area contributed by atoms with Gasteiger partial charge in [0, 0.05) is 28.1 Å². The number of amides is 1. The van der Waals surface area contributed by atoms with E-state index in [9.17, 15) is 9.59 Å². The minimum absolute atomic E-state index is 0.146. The van der Waals surface area contributed by atoms with Gasteiger partial charge in [0.15, 0.2) is 5.16 Å². The summed E-state index contributed by atoms with van der Waals surface area (Å²) in [7, 11) is 0. The van der Waals surface area contributed by atoms with Crippen LogP contribution in [0, 0.1) is 0 Å². The lowest BCUT2D eigenvalue weighted by Gasteiger charge is -2.25. The van der Waals surface area contributed by atoms with Gasteiger partial charge in [-0.25, -0.2) is 4.98 Å². The summed E-state index contributed by atoms with van der Waals surface area (Å²) >= 11 is 13.8. The Bertz CT molecular complexity index is 1120. The van der Waals surface area contributed by atoms with Gasteiger partial charge < -0.3 is 10.3 Å². The van der Waals surface area contributed by atoms with Crippen LogP contribution < -0.4 is 10.9 Å². The highest BCUT2D eigenvalue weighted by atomic mass is 35.5. The number of carbonyl (C=O) groups is 1.